The molecule has 8 unspecified atom stereocenters. The molecule has 2 heterocycles. The number of fused-ring (bicyclic) bond motifs is 5. The van der Waals surface area contributed by atoms with Crippen molar-refractivity contribution in [1.82, 2.24) is 0 Å². The molecule has 0 bridgehead atoms. The van der Waals surface area contributed by atoms with Gasteiger partial charge in [0.2, 0.25) is 0 Å². The van der Waals surface area contributed by atoms with Crippen LogP contribution in [0.25, 0.3) is 0 Å². The molecule has 6 fully saturated rings. The Morgan fingerprint density at radius 3 is 1.95 bits per heavy atom. The molecule has 6 aliphatic rings. The van der Waals surface area contributed by atoms with Gasteiger partial charge < -0.3 is 64.9 Å². The Kier molecular flexibility index (Phi) is 12.5. The second kappa shape index (κ2) is 15.7. The van der Waals surface area contributed by atoms with Crippen molar-refractivity contribution in [3.8, 4) is 0 Å². The smallest absolute Gasteiger partial charge is 0.187 e. The van der Waals surface area contributed by atoms with Crippen LogP contribution in [0.2, 0.25) is 0 Å². The summed E-state index contributed by atoms with van der Waals surface area (Å²) in [5.41, 5.74) is -0.405. The highest BCUT2D eigenvalue weighted by atomic mass is 16.8. The maximum absolute atomic E-state index is 12.2. The molecule has 13 heteroatoms. The molecule has 9 N–H and O–H groups in total. The summed E-state index contributed by atoms with van der Waals surface area (Å²) < 4.78 is 24.4. The minimum Gasteiger partial charge on any atom is -0.394 e. The predicted molar refractivity (Wildman–Crippen MR) is 201 cm³/mol. The van der Waals surface area contributed by atoms with Gasteiger partial charge in [0.1, 0.15) is 48.8 Å². The minimum atomic E-state index is -1.75. The third-order valence-corrected chi connectivity index (χ3v) is 16.6. The summed E-state index contributed by atoms with van der Waals surface area (Å²) in [5.74, 6) is 0.445. The first kappa shape index (κ1) is 43.8. The van der Waals surface area contributed by atoms with E-state index in [0.29, 0.717) is 19.3 Å². The molecule has 0 aromatic heterocycles. The fourth-order valence-corrected chi connectivity index (χ4v) is 13.3. The van der Waals surface area contributed by atoms with Gasteiger partial charge in [-0.25, -0.2) is 0 Å². The van der Waals surface area contributed by atoms with E-state index in [-0.39, 0.29) is 39.9 Å². The fraction of sp³-hybridized carbons (Fsp3) is 0.952. The second-order valence-corrected chi connectivity index (χ2v) is 20.1. The maximum atomic E-state index is 12.2. The Labute approximate surface area is 327 Å². The predicted octanol–water partition coefficient (Wildman–Crippen LogP) is 2.15. The van der Waals surface area contributed by atoms with E-state index in [1.165, 1.54) is 5.57 Å². The van der Waals surface area contributed by atoms with Crippen molar-refractivity contribution in [3.05, 3.63) is 11.6 Å². The summed E-state index contributed by atoms with van der Waals surface area (Å²) in [6, 6.07) is 0. The Balaban J connectivity index is 1.23. The SMILES string of the molecule is CC(C)=CCC[C@@](C)(O)C1CC[C@]2(C)C1[C@H](O)CC1[C@@]3(C)CC[C@H](O[C@@H]4OC(CO)[C@@H](O)[C@@H](O)C4O[C@@H]4OC(CO)[C@@H](O)[C@@H](O)C4O)C(C)(C)C3CC[C@]12C. The quantitative estimate of drug-likeness (QED) is 0.115. The molecular weight excluding hydrogens is 712 g/mol. The molecule has 6 rings (SSSR count). The van der Waals surface area contributed by atoms with Crippen LogP contribution in [0, 0.1) is 45.3 Å². The molecule has 0 aromatic carbocycles. The van der Waals surface area contributed by atoms with Crippen LogP contribution in [0.5, 0.6) is 0 Å². The van der Waals surface area contributed by atoms with E-state index in [1.54, 1.807) is 0 Å². The Morgan fingerprint density at radius 1 is 0.727 bits per heavy atom. The van der Waals surface area contributed by atoms with Crippen LogP contribution < -0.4 is 0 Å². The summed E-state index contributed by atoms with van der Waals surface area (Å²) in [4.78, 5) is 0. The first-order chi connectivity index (χ1) is 25.6. The standard InChI is InChI=1S/C42H72O13/c1-21(2)10-9-14-42(8,51)22-11-16-41(7)29(22)23(45)18-27-39(5)15-13-28(38(3,4)26(39)12-17-40(27,41)6)54-37-35(33(49)31(47)25(20-44)53-37)55-36-34(50)32(48)30(46)24(19-43)52-36/h10,22-37,43-51H,9,11-20H2,1-8H3/t22?,23-,24?,25?,26?,27?,28+,29?,30-,31-,32-,33-,34?,35?,36+,37+,39+,40-,41-,42-/m1/s1. The normalized spacial score (nSPS) is 52.0. The highest BCUT2D eigenvalue weighted by Gasteiger charge is 2.71. The van der Waals surface area contributed by atoms with Crippen molar-refractivity contribution in [2.24, 2.45) is 45.3 Å². The lowest BCUT2D eigenvalue weighted by molar-refractivity contribution is -0.378. The largest absolute Gasteiger partial charge is 0.394 e. The number of aliphatic hydroxyl groups is 9. The van der Waals surface area contributed by atoms with Crippen LogP contribution >= 0.6 is 0 Å². The van der Waals surface area contributed by atoms with Crippen molar-refractivity contribution >= 4 is 0 Å². The summed E-state index contributed by atoms with van der Waals surface area (Å²) >= 11 is 0. The molecule has 20 atom stereocenters. The first-order valence-electron chi connectivity index (χ1n) is 20.9. The average molecular weight is 785 g/mol. The van der Waals surface area contributed by atoms with Gasteiger partial charge in [-0.15, -0.1) is 0 Å². The highest BCUT2D eigenvalue weighted by molar-refractivity contribution is 5.20. The minimum absolute atomic E-state index is 0.00798. The van der Waals surface area contributed by atoms with E-state index in [2.05, 4.69) is 54.5 Å². The van der Waals surface area contributed by atoms with E-state index in [1.807, 2.05) is 6.92 Å². The first-order valence-corrected chi connectivity index (χ1v) is 20.9. The molecule has 13 nitrogen and oxygen atoms in total. The van der Waals surface area contributed by atoms with Crippen LogP contribution in [0.15, 0.2) is 11.6 Å². The van der Waals surface area contributed by atoms with Gasteiger partial charge in [0.05, 0.1) is 31.0 Å². The number of rotatable bonds is 10. The molecule has 0 aromatic rings. The zero-order valence-corrected chi connectivity index (χ0v) is 34.3. The summed E-state index contributed by atoms with van der Waals surface area (Å²) in [6.45, 7) is 16.5. The van der Waals surface area contributed by atoms with Gasteiger partial charge in [-0.05, 0) is 124 Å². The number of hydrogen-bond donors (Lipinski definition) is 9. The second-order valence-electron chi connectivity index (χ2n) is 20.1. The van der Waals surface area contributed by atoms with Crippen molar-refractivity contribution in [3.63, 3.8) is 0 Å². The van der Waals surface area contributed by atoms with E-state index >= 15 is 0 Å². The lowest BCUT2D eigenvalue weighted by Crippen LogP contribution is -2.68. The average Bonchev–Trinajstić information content (AvgIpc) is 3.50. The van der Waals surface area contributed by atoms with Crippen LogP contribution in [0.1, 0.15) is 113 Å². The van der Waals surface area contributed by atoms with E-state index in [0.717, 1.165) is 38.5 Å². The lowest BCUT2D eigenvalue weighted by Gasteiger charge is -2.70. The summed E-state index contributed by atoms with van der Waals surface area (Å²) in [6.07, 6.45) is -6.48. The molecule has 0 radical (unpaired) electrons. The van der Waals surface area contributed by atoms with Crippen LogP contribution in [0.4, 0.5) is 0 Å². The van der Waals surface area contributed by atoms with Gasteiger partial charge in [0, 0.05) is 0 Å². The zero-order valence-electron chi connectivity index (χ0n) is 34.3. The summed E-state index contributed by atoms with van der Waals surface area (Å²) in [7, 11) is 0. The van der Waals surface area contributed by atoms with Crippen molar-refractivity contribution in [2.45, 2.75) is 192 Å². The molecule has 318 valence electrons. The van der Waals surface area contributed by atoms with Crippen LogP contribution in [0.3, 0.4) is 0 Å². The summed E-state index contributed by atoms with van der Waals surface area (Å²) in [5, 5.41) is 97.4. The molecule has 2 saturated heterocycles. The number of allylic oxidation sites excluding steroid dienone is 2. The zero-order chi connectivity index (χ0) is 40.6. The van der Waals surface area contributed by atoms with Gasteiger partial charge in [-0.2, -0.15) is 0 Å². The monoisotopic (exact) mass is 784 g/mol. The number of ether oxygens (including phenoxy) is 4. The van der Waals surface area contributed by atoms with Gasteiger partial charge in [0.15, 0.2) is 12.6 Å². The molecular formula is C42H72O13. The molecule has 55 heavy (non-hydrogen) atoms. The van der Waals surface area contributed by atoms with Crippen molar-refractivity contribution in [1.29, 1.82) is 0 Å². The molecule has 0 spiro atoms. The Morgan fingerprint density at radius 2 is 1.33 bits per heavy atom. The third kappa shape index (κ3) is 7.20. The van der Waals surface area contributed by atoms with Crippen LogP contribution in [-0.4, -0.2) is 138 Å². The molecule has 4 aliphatic carbocycles. The fourth-order valence-electron chi connectivity index (χ4n) is 13.3. The molecule has 2 aliphatic heterocycles. The molecule has 4 saturated carbocycles. The van der Waals surface area contributed by atoms with Gasteiger partial charge >= 0.3 is 0 Å². The molecule has 0 amide bonds. The highest BCUT2D eigenvalue weighted by Crippen LogP contribution is 2.76. The van der Waals surface area contributed by atoms with Crippen molar-refractivity contribution in [2.75, 3.05) is 13.2 Å². The topological polar surface area (TPSA) is 219 Å². The maximum Gasteiger partial charge on any atom is 0.187 e. The lowest BCUT2D eigenvalue weighted by atomic mass is 9.35. The van der Waals surface area contributed by atoms with E-state index < -0.39 is 97.8 Å². The van der Waals surface area contributed by atoms with Gasteiger partial charge in [0.25, 0.3) is 0 Å². The Hall–Kier alpha value is -0.780. The van der Waals surface area contributed by atoms with E-state index in [9.17, 15) is 46.0 Å². The Bertz CT molecular complexity index is 1370. The third-order valence-electron chi connectivity index (χ3n) is 16.6. The van der Waals surface area contributed by atoms with Crippen LogP contribution in [-0.2, 0) is 18.9 Å². The van der Waals surface area contributed by atoms with E-state index in [4.69, 9.17) is 18.9 Å². The number of hydrogen-bond acceptors (Lipinski definition) is 13. The number of aliphatic hydroxyl groups excluding tert-OH is 8. The van der Waals surface area contributed by atoms with Gasteiger partial charge in [-0.1, -0.05) is 46.3 Å². The van der Waals surface area contributed by atoms with Gasteiger partial charge in [-0.3, -0.25) is 0 Å². The van der Waals surface area contributed by atoms with Crippen molar-refractivity contribution < 1.29 is 64.9 Å².